The average molecular weight is 609 g/mol. The maximum absolute atomic E-state index is 14.3. The standard InChI is InChI=1S/C35H48N2O5S/c1-11-41-33(38)31(37-43(40)32-29(24(4)5)21-27(23(2)3)22-30(32)25(6)7)28(26-17-13-12-14-18-26)19-15-16-20-36-34(39)42-35(8,9)10/h12-14,17-19,21-25,31,37H,11,20H2,1-10H3,(H,36,39)/b28-19+/t31-,43?/m0/s1. The van der Waals surface area contributed by atoms with Crippen LogP contribution in [0.2, 0.25) is 0 Å². The van der Waals surface area contributed by atoms with Crippen LogP contribution in [0.4, 0.5) is 4.79 Å². The highest BCUT2D eigenvalue weighted by Gasteiger charge is 2.30. The van der Waals surface area contributed by atoms with Crippen LogP contribution in [0.25, 0.3) is 5.57 Å². The van der Waals surface area contributed by atoms with Crippen molar-refractivity contribution in [1.82, 2.24) is 10.0 Å². The van der Waals surface area contributed by atoms with Crippen molar-refractivity contribution in [3.8, 4) is 11.8 Å². The van der Waals surface area contributed by atoms with Crippen molar-refractivity contribution >= 4 is 28.6 Å². The van der Waals surface area contributed by atoms with E-state index in [9.17, 15) is 13.8 Å². The molecule has 7 nitrogen and oxygen atoms in total. The number of allylic oxidation sites excluding steroid dienone is 1. The largest absolute Gasteiger partial charge is 0.465 e. The number of benzene rings is 2. The zero-order valence-electron chi connectivity index (χ0n) is 27.3. The van der Waals surface area contributed by atoms with Crippen LogP contribution in [0.1, 0.15) is 109 Å². The maximum Gasteiger partial charge on any atom is 0.408 e. The summed E-state index contributed by atoms with van der Waals surface area (Å²) in [4.78, 5) is 26.1. The molecule has 0 aliphatic heterocycles. The fourth-order valence-corrected chi connectivity index (χ4v) is 5.88. The first-order chi connectivity index (χ1) is 20.2. The summed E-state index contributed by atoms with van der Waals surface area (Å²) in [5, 5.41) is 2.60. The molecule has 2 aromatic carbocycles. The van der Waals surface area contributed by atoms with Crippen molar-refractivity contribution in [2.24, 2.45) is 0 Å². The summed E-state index contributed by atoms with van der Waals surface area (Å²) >= 11 is 0. The van der Waals surface area contributed by atoms with E-state index in [0.717, 1.165) is 16.7 Å². The summed E-state index contributed by atoms with van der Waals surface area (Å²) in [5.74, 6) is 5.81. The number of ether oxygens (including phenoxy) is 2. The Morgan fingerprint density at radius 1 is 0.953 bits per heavy atom. The second kappa shape index (κ2) is 16.4. The molecule has 0 saturated carbocycles. The lowest BCUT2D eigenvalue weighted by Gasteiger charge is -2.25. The smallest absolute Gasteiger partial charge is 0.408 e. The highest BCUT2D eigenvalue weighted by molar-refractivity contribution is 7.83. The van der Waals surface area contributed by atoms with Crippen molar-refractivity contribution in [3.05, 3.63) is 70.8 Å². The normalized spacial score (nSPS) is 13.4. The van der Waals surface area contributed by atoms with Crippen molar-refractivity contribution < 1.29 is 23.3 Å². The van der Waals surface area contributed by atoms with Gasteiger partial charge in [-0.05, 0) is 79.4 Å². The predicted octanol–water partition coefficient (Wildman–Crippen LogP) is 7.21. The Balaban J connectivity index is 2.58. The second-order valence-electron chi connectivity index (χ2n) is 12.2. The monoisotopic (exact) mass is 608 g/mol. The van der Waals surface area contributed by atoms with E-state index in [0.29, 0.717) is 16.4 Å². The molecule has 234 valence electrons. The first kappa shape index (κ1) is 35.8. The molecule has 0 bridgehead atoms. The van der Waals surface area contributed by atoms with Crippen LogP contribution in [0.5, 0.6) is 0 Å². The van der Waals surface area contributed by atoms with E-state index in [1.54, 1.807) is 33.8 Å². The molecule has 0 spiro atoms. The molecular weight excluding hydrogens is 560 g/mol. The molecule has 2 aromatic rings. The van der Waals surface area contributed by atoms with Crippen LogP contribution >= 0.6 is 0 Å². The topological polar surface area (TPSA) is 93.7 Å². The maximum atomic E-state index is 14.3. The molecule has 2 rings (SSSR count). The third-order valence-electron chi connectivity index (χ3n) is 6.48. The highest BCUT2D eigenvalue weighted by Crippen LogP contribution is 2.34. The number of carbonyl (C=O) groups is 2. The quantitative estimate of drug-likeness (QED) is 0.208. The SMILES string of the molecule is CCOC(=O)[C@@H](NS(=O)c1c(C(C)C)cc(C(C)C)cc1C(C)C)/C(=C/C#CCNC(=O)OC(C)(C)C)c1ccccc1. The molecule has 1 unspecified atom stereocenters. The minimum Gasteiger partial charge on any atom is -0.465 e. The molecule has 0 heterocycles. The summed E-state index contributed by atoms with van der Waals surface area (Å²) in [6.45, 7) is 19.9. The second-order valence-corrected chi connectivity index (χ2v) is 13.4. The molecule has 2 atom stereocenters. The van der Waals surface area contributed by atoms with Crippen molar-refractivity contribution in [2.45, 2.75) is 104 Å². The fourth-order valence-electron chi connectivity index (χ4n) is 4.31. The molecule has 0 aliphatic rings. The third kappa shape index (κ3) is 11.0. The zero-order valence-corrected chi connectivity index (χ0v) is 28.1. The fraction of sp³-hybridized carbons (Fsp3) is 0.486. The van der Waals surface area contributed by atoms with Crippen molar-refractivity contribution in [1.29, 1.82) is 0 Å². The first-order valence-electron chi connectivity index (χ1n) is 14.9. The minimum absolute atomic E-state index is 0.0502. The van der Waals surface area contributed by atoms with Crippen molar-refractivity contribution in [2.75, 3.05) is 13.2 Å². The van der Waals surface area contributed by atoms with Gasteiger partial charge in [0.1, 0.15) is 22.6 Å². The van der Waals surface area contributed by atoms with Gasteiger partial charge in [0, 0.05) is 0 Å². The van der Waals surface area contributed by atoms with Crippen LogP contribution in [0, 0.1) is 11.8 Å². The predicted molar refractivity (Wildman–Crippen MR) is 175 cm³/mol. The Labute approximate surface area is 260 Å². The zero-order chi connectivity index (χ0) is 32.3. The van der Waals surface area contributed by atoms with Gasteiger partial charge in [-0.15, -0.1) is 0 Å². The van der Waals surface area contributed by atoms with E-state index >= 15 is 0 Å². The number of esters is 1. The van der Waals surface area contributed by atoms with E-state index in [1.165, 1.54) is 5.56 Å². The van der Waals surface area contributed by atoms with Gasteiger partial charge in [-0.25, -0.2) is 18.5 Å². The van der Waals surface area contributed by atoms with E-state index < -0.39 is 34.7 Å². The Bertz CT molecular complexity index is 1330. The van der Waals surface area contributed by atoms with Gasteiger partial charge in [0.05, 0.1) is 18.0 Å². The average Bonchev–Trinajstić information content (AvgIpc) is 2.92. The lowest BCUT2D eigenvalue weighted by Crippen LogP contribution is -2.40. The van der Waals surface area contributed by atoms with Crippen molar-refractivity contribution in [3.63, 3.8) is 0 Å². The van der Waals surface area contributed by atoms with Gasteiger partial charge in [0.2, 0.25) is 0 Å². The molecule has 0 saturated heterocycles. The number of alkyl carbamates (subject to hydrolysis) is 1. The molecule has 1 amide bonds. The molecule has 0 radical (unpaired) electrons. The third-order valence-corrected chi connectivity index (χ3v) is 7.77. The number of rotatable bonds is 11. The number of hydrogen-bond acceptors (Lipinski definition) is 5. The van der Waals surface area contributed by atoms with Crippen LogP contribution in [0.15, 0.2) is 53.4 Å². The van der Waals surface area contributed by atoms with E-state index in [2.05, 4.69) is 75.6 Å². The van der Waals surface area contributed by atoms with Crippen LogP contribution in [-0.4, -0.2) is 41.1 Å². The van der Waals surface area contributed by atoms with Gasteiger partial charge in [-0.3, -0.25) is 0 Å². The van der Waals surface area contributed by atoms with Gasteiger partial charge < -0.3 is 14.8 Å². The van der Waals surface area contributed by atoms with E-state index in [-0.39, 0.29) is 25.0 Å². The lowest BCUT2D eigenvalue weighted by atomic mass is 9.89. The molecule has 0 aromatic heterocycles. The summed E-state index contributed by atoms with van der Waals surface area (Å²) in [5.41, 5.74) is 3.78. The molecule has 2 N–H and O–H groups in total. The summed E-state index contributed by atoms with van der Waals surface area (Å²) in [7, 11) is -1.76. The Morgan fingerprint density at radius 2 is 1.53 bits per heavy atom. The molecule has 0 aliphatic carbocycles. The Hall–Kier alpha value is -3.41. The van der Waals surface area contributed by atoms with Gasteiger partial charge in [-0.2, -0.15) is 0 Å². The Kier molecular flexibility index (Phi) is 13.7. The molecule has 0 fully saturated rings. The van der Waals surface area contributed by atoms with Gasteiger partial charge in [-0.1, -0.05) is 95.8 Å². The number of amides is 1. The van der Waals surface area contributed by atoms with E-state index in [4.69, 9.17) is 9.47 Å². The van der Waals surface area contributed by atoms with E-state index in [1.807, 2.05) is 30.3 Å². The molecule has 8 heteroatoms. The molecule has 43 heavy (non-hydrogen) atoms. The number of nitrogens with one attached hydrogen (secondary N) is 2. The summed E-state index contributed by atoms with van der Waals surface area (Å²) < 4.78 is 28.1. The lowest BCUT2D eigenvalue weighted by molar-refractivity contribution is -0.143. The summed E-state index contributed by atoms with van der Waals surface area (Å²) in [6.07, 6.45) is 1.04. The number of carbonyl (C=O) groups excluding carboxylic acids is 2. The summed E-state index contributed by atoms with van der Waals surface area (Å²) in [6, 6.07) is 12.5. The Morgan fingerprint density at radius 3 is 2.02 bits per heavy atom. The molecular formula is C35H48N2O5S. The number of hydrogen-bond donors (Lipinski definition) is 2. The van der Waals surface area contributed by atoms with Crippen LogP contribution in [-0.2, 0) is 25.3 Å². The van der Waals surface area contributed by atoms with Gasteiger partial charge in [0.15, 0.2) is 0 Å². The van der Waals surface area contributed by atoms with Crippen LogP contribution < -0.4 is 10.0 Å². The highest BCUT2D eigenvalue weighted by atomic mass is 32.2. The first-order valence-corrected chi connectivity index (χ1v) is 16.0. The van der Waals surface area contributed by atoms with Crippen LogP contribution in [0.3, 0.4) is 0 Å². The van der Waals surface area contributed by atoms with Gasteiger partial charge >= 0.3 is 12.1 Å². The minimum atomic E-state index is -1.76. The van der Waals surface area contributed by atoms with Gasteiger partial charge in [0.25, 0.3) is 0 Å².